The van der Waals surface area contributed by atoms with Gasteiger partial charge in [0.15, 0.2) is 0 Å². The highest BCUT2D eigenvalue weighted by Crippen LogP contribution is 1.79. The molecule has 52 valence electrons. The van der Waals surface area contributed by atoms with E-state index in [1.54, 1.807) is 0 Å². The number of carbonyl (C=O) groups is 1. The van der Waals surface area contributed by atoms with Crippen molar-refractivity contribution in [2.45, 2.75) is 0 Å². The third-order valence-corrected chi connectivity index (χ3v) is 0.482. The molecule has 4 nitrogen and oxygen atoms in total. The highest BCUT2D eigenvalue weighted by Gasteiger charge is 1.93. The van der Waals surface area contributed by atoms with Gasteiger partial charge in [-0.3, -0.25) is 4.89 Å². The van der Waals surface area contributed by atoms with E-state index in [1.165, 1.54) is 0 Å². The lowest BCUT2D eigenvalue weighted by atomic mass is 10.7. The zero-order valence-electron chi connectivity index (χ0n) is 4.87. The van der Waals surface area contributed by atoms with E-state index in [1.807, 2.05) is 0 Å². The molecule has 0 aliphatic heterocycles. The summed E-state index contributed by atoms with van der Waals surface area (Å²) >= 11 is 0. The lowest BCUT2D eigenvalue weighted by Crippen LogP contribution is -2.04. The molecule has 0 aromatic carbocycles. The SMILES string of the molecule is C=CC(=O)OOCCO. The molecule has 0 rings (SSSR count). The molecule has 0 bridgehead atoms. The third kappa shape index (κ3) is 4.99. The van der Waals surface area contributed by atoms with Crippen LogP contribution < -0.4 is 0 Å². The van der Waals surface area contributed by atoms with Crippen LogP contribution in [0.1, 0.15) is 0 Å². The molecule has 0 spiro atoms. The van der Waals surface area contributed by atoms with Gasteiger partial charge in [-0.1, -0.05) is 6.58 Å². The van der Waals surface area contributed by atoms with Crippen LogP contribution in [-0.2, 0) is 14.6 Å². The molecule has 0 saturated heterocycles. The Morgan fingerprint density at radius 1 is 1.78 bits per heavy atom. The minimum absolute atomic E-state index is 0.0143. The average molecular weight is 132 g/mol. The van der Waals surface area contributed by atoms with Crippen LogP contribution in [0.15, 0.2) is 12.7 Å². The first-order chi connectivity index (χ1) is 4.31. The second-order valence-electron chi connectivity index (χ2n) is 1.15. The van der Waals surface area contributed by atoms with Crippen molar-refractivity contribution >= 4 is 5.97 Å². The predicted octanol–water partition coefficient (Wildman–Crippen LogP) is -0.361. The van der Waals surface area contributed by atoms with Crippen LogP contribution in [0.2, 0.25) is 0 Å². The minimum Gasteiger partial charge on any atom is -0.394 e. The fourth-order valence-corrected chi connectivity index (χ4v) is 0.171. The second kappa shape index (κ2) is 5.27. The average Bonchev–Trinajstić information content (AvgIpc) is 1.89. The first-order valence-corrected chi connectivity index (χ1v) is 2.38. The Morgan fingerprint density at radius 3 is 2.89 bits per heavy atom. The Kier molecular flexibility index (Phi) is 4.76. The predicted molar refractivity (Wildman–Crippen MR) is 29.3 cm³/mol. The van der Waals surface area contributed by atoms with Crippen LogP contribution >= 0.6 is 0 Å². The Labute approximate surface area is 52.6 Å². The first-order valence-electron chi connectivity index (χ1n) is 2.38. The van der Waals surface area contributed by atoms with E-state index >= 15 is 0 Å². The van der Waals surface area contributed by atoms with Crippen LogP contribution in [0.3, 0.4) is 0 Å². The van der Waals surface area contributed by atoms with Crippen molar-refractivity contribution in [1.29, 1.82) is 0 Å². The lowest BCUT2D eigenvalue weighted by Gasteiger charge is -1.95. The standard InChI is InChI=1S/C5H8O4/c1-2-5(7)9-8-4-3-6/h2,6H,1,3-4H2. The fraction of sp³-hybridized carbons (Fsp3) is 0.400. The molecule has 0 aliphatic rings. The van der Waals surface area contributed by atoms with Crippen molar-refractivity contribution in [2.24, 2.45) is 0 Å². The van der Waals surface area contributed by atoms with Crippen LogP contribution in [0.4, 0.5) is 0 Å². The summed E-state index contributed by atoms with van der Waals surface area (Å²) in [5.41, 5.74) is 0. The van der Waals surface area contributed by atoms with E-state index in [4.69, 9.17) is 5.11 Å². The van der Waals surface area contributed by atoms with E-state index in [-0.39, 0.29) is 13.2 Å². The molecular weight excluding hydrogens is 124 g/mol. The van der Waals surface area contributed by atoms with E-state index in [9.17, 15) is 4.79 Å². The zero-order valence-corrected chi connectivity index (χ0v) is 4.87. The molecule has 0 aromatic heterocycles. The van der Waals surface area contributed by atoms with E-state index < -0.39 is 5.97 Å². The molecule has 1 N–H and O–H groups in total. The molecule has 4 heteroatoms. The first kappa shape index (κ1) is 8.13. The maximum Gasteiger partial charge on any atom is 0.365 e. The summed E-state index contributed by atoms with van der Waals surface area (Å²) in [5.74, 6) is -0.663. The number of aliphatic hydroxyl groups is 1. The second-order valence-corrected chi connectivity index (χ2v) is 1.15. The minimum atomic E-state index is -0.663. The summed E-state index contributed by atoms with van der Waals surface area (Å²) in [6.45, 7) is 2.93. The van der Waals surface area contributed by atoms with Crippen molar-refractivity contribution in [1.82, 2.24) is 0 Å². The topological polar surface area (TPSA) is 55.8 Å². The Balaban J connectivity index is 3.07. The van der Waals surface area contributed by atoms with Crippen molar-refractivity contribution in [2.75, 3.05) is 13.2 Å². The molecule has 0 radical (unpaired) electrons. The van der Waals surface area contributed by atoms with Gasteiger partial charge in [-0.15, -0.1) is 0 Å². The normalized spacial score (nSPS) is 8.56. The highest BCUT2D eigenvalue weighted by atomic mass is 17.2. The summed E-state index contributed by atoms with van der Waals surface area (Å²) < 4.78 is 0. The van der Waals surface area contributed by atoms with Crippen molar-refractivity contribution in [3.05, 3.63) is 12.7 Å². The molecular formula is C5H8O4. The van der Waals surface area contributed by atoms with E-state index in [2.05, 4.69) is 16.4 Å². The highest BCUT2D eigenvalue weighted by molar-refractivity contribution is 5.80. The quantitative estimate of drug-likeness (QED) is 0.245. The number of hydrogen-bond donors (Lipinski definition) is 1. The molecule has 0 saturated carbocycles. The maximum absolute atomic E-state index is 10.1. The Hall–Kier alpha value is -0.870. The maximum atomic E-state index is 10.1. The van der Waals surface area contributed by atoms with Crippen LogP contribution in [0.25, 0.3) is 0 Å². The number of hydrogen-bond acceptors (Lipinski definition) is 4. The monoisotopic (exact) mass is 132 g/mol. The van der Waals surface area contributed by atoms with Gasteiger partial charge in [0.05, 0.1) is 6.61 Å². The van der Waals surface area contributed by atoms with Gasteiger partial charge >= 0.3 is 5.97 Å². The van der Waals surface area contributed by atoms with Gasteiger partial charge in [-0.25, -0.2) is 4.79 Å². The summed E-state index contributed by atoms with van der Waals surface area (Å²) in [7, 11) is 0. The van der Waals surface area contributed by atoms with E-state index in [0.717, 1.165) is 6.08 Å². The molecule has 0 heterocycles. The molecule has 0 aromatic rings. The van der Waals surface area contributed by atoms with Crippen LogP contribution in [0, 0.1) is 0 Å². The van der Waals surface area contributed by atoms with Crippen LogP contribution in [-0.4, -0.2) is 24.3 Å². The van der Waals surface area contributed by atoms with Gasteiger partial charge in [0.1, 0.15) is 6.61 Å². The Bertz CT molecular complexity index is 99.1. The number of rotatable bonds is 4. The molecule has 0 atom stereocenters. The molecule has 9 heavy (non-hydrogen) atoms. The van der Waals surface area contributed by atoms with Gasteiger partial charge in [0, 0.05) is 6.08 Å². The van der Waals surface area contributed by atoms with Gasteiger partial charge in [-0.2, -0.15) is 4.89 Å². The fourth-order valence-electron chi connectivity index (χ4n) is 0.171. The van der Waals surface area contributed by atoms with Gasteiger partial charge in [0.25, 0.3) is 0 Å². The summed E-state index contributed by atoms with van der Waals surface area (Å²) in [6, 6.07) is 0. The smallest absolute Gasteiger partial charge is 0.365 e. The molecule has 0 fully saturated rings. The summed E-state index contributed by atoms with van der Waals surface area (Å²) in [6.07, 6.45) is 0.970. The molecule has 0 amide bonds. The number of aliphatic hydroxyl groups excluding tert-OH is 1. The van der Waals surface area contributed by atoms with Crippen LogP contribution in [0.5, 0.6) is 0 Å². The van der Waals surface area contributed by atoms with Crippen molar-refractivity contribution in [3.63, 3.8) is 0 Å². The van der Waals surface area contributed by atoms with E-state index in [0.29, 0.717) is 0 Å². The lowest BCUT2D eigenvalue weighted by molar-refractivity contribution is -0.270. The van der Waals surface area contributed by atoms with Crippen molar-refractivity contribution < 1.29 is 19.7 Å². The van der Waals surface area contributed by atoms with Gasteiger partial charge in [-0.05, 0) is 0 Å². The summed E-state index contributed by atoms with van der Waals surface area (Å²) in [4.78, 5) is 18.3. The largest absolute Gasteiger partial charge is 0.394 e. The zero-order chi connectivity index (χ0) is 7.11. The summed E-state index contributed by atoms with van der Waals surface area (Å²) in [5, 5.41) is 8.11. The Morgan fingerprint density at radius 2 is 2.44 bits per heavy atom. The third-order valence-electron chi connectivity index (χ3n) is 0.482. The van der Waals surface area contributed by atoms with Crippen molar-refractivity contribution in [3.8, 4) is 0 Å². The van der Waals surface area contributed by atoms with Gasteiger partial charge < -0.3 is 5.11 Å². The molecule has 0 unspecified atom stereocenters. The van der Waals surface area contributed by atoms with Gasteiger partial charge in [0.2, 0.25) is 0 Å². The molecule has 0 aliphatic carbocycles. The number of carbonyl (C=O) groups excluding carboxylic acids is 1.